The van der Waals surface area contributed by atoms with Crippen molar-refractivity contribution < 1.29 is 13.7 Å². The van der Waals surface area contributed by atoms with Gasteiger partial charge in [-0.15, -0.1) is 0 Å². The molecule has 6 heteroatoms. The summed E-state index contributed by atoms with van der Waals surface area (Å²) in [7, 11) is 0. The molecule has 1 aliphatic carbocycles. The molecule has 0 aromatic heterocycles. The average Bonchev–Trinajstić information content (AvgIpc) is 2.17. The van der Waals surface area contributed by atoms with Crippen molar-refractivity contribution in [2.45, 2.75) is 19.3 Å². The molecule has 2 rings (SSSR count). The third-order valence-electron chi connectivity index (χ3n) is 3.02. The van der Waals surface area contributed by atoms with Gasteiger partial charge in [-0.05, 0) is 18.8 Å². The first kappa shape index (κ1) is 11.8. The highest BCUT2D eigenvalue weighted by molar-refractivity contribution is 5.62. The number of nitro benzene ring substituents is 1. The number of nitrogens with one attached hydrogen (secondary N) is 1. The highest BCUT2D eigenvalue weighted by Gasteiger charge is 2.23. The number of halogens is 2. The number of rotatable bonds is 4. The third kappa shape index (κ3) is 2.51. The van der Waals surface area contributed by atoms with Gasteiger partial charge in [0, 0.05) is 12.6 Å². The Morgan fingerprint density at radius 3 is 2.65 bits per heavy atom. The lowest BCUT2D eigenvalue weighted by Gasteiger charge is -2.25. The van der Waals surface area contributed by atoms with Crippen LogP contribution in [0, 0.1) is 27.7 Å². The summed E-state index contributed by atoms with van der Waals surface area (Å²) in [5.41, 5.74) is -0.773. The minimum Gasteiger partial charge on any atom is -0.377 e. The Morgan fingerprint density at radius 2 is 2.12 bits per heavy atom. The zero-order valence-electron chi connectivity index (χ0n) is 9.08. The quantitative estimate of drug-likeness (QED) is 0.652. The molecule has 0 heterocycles. The minimum absolute atomic E-state index is 0.219. The molecule has 0 aliphatic heterocycles. The van der Waals surface area contributed by atoms with Gasteiger partial charge in [-0.3, -0.25) is 10.1 Å². The van der Waals surface area contributed by atoms with Crippen molar-refractivity contribution in [3.63, 3.8) is 0 Å². The first-order valence-corrected chi connectivity index (χ1v) is 5.45. The molecular formula is C11H12F2N2O2. The molecule has 4 nitrogen and oxygen atoms in total. The molecule has 1 fully saturated rings. The Hall–Kier alpha value is -1.72. The second kappa shape index (κ2) is 4.65. The minimum atomic E-state index is -0.941. The predicted molar refractivity (Wildman–Crippen MR) is 58.8 cm³/mol. The fourth-order valence-corrected chi connectivity index (χ4v) is 1.82. The second-order valence-electron chi connectivity index (χ2n) is 4.22. The summed E-state index contributed by atoms with van der Waals surface area (Å²) in [6.45, 7) is 0.489. The maximum atomic E-state index is 13.4. The molecule has 0 radical (unpaired) electrons. The average molecular weight is 242 g/mol. The summed E-state index contributed by atoms with van der Waals surface area (Å²) < 4.78 is 26.3. The number of hydrogen-bond acceptors (Lipinski definition) is 3. The number of nitrogens with zero attached hydrogens (tertiary/aromatic N) is 1. The Morgan fingerprint density at radius 1 is 1.41 bits per heavy atom. The van der Waals surface area contributed by atoms with E-state index < -0.39 is 22.2 Å². The lowest BCUT2D eigenvalue weighted by Crippen LogP contribution is -2.21. The van der Waals surface area contributed by atoms with Gasteiger partial charge in [-0.25, -0.2) is 8.78 Å². The smallest absolute Gasteiger partial charge is 0.298 e. The molecule has 0 amide bonds. The summed E-state index contributed by atoms with van der Waals surface area (Å²) in [5.74, 6) is -1.43. The Labute approximate surface area is 96.8 Å². The normalized spacial score (nSPS) is 15.4. The van der Waals surface area contributed by atoms with Gasteiger partial charge in [0.2, 0.25) is 0 Å². The summed E-state index contributed by atoms with van der Waals surface area (Å²) >= 11 is 0. The molecule has 1 N–H and O–H groups in total. The second-order valence-corrected chi connectivity index (χ2v) is 4.22. The molecule has 92 valence electrons. The molecule has 1 aromatic rings. The fourth-order valence-electron chi connectivity index (χ4n) is 1.82. The molecule has 0 bridgehead atoms. The van der Waals surface area contributed by atoms with Crippen molar-refractivity contribution in [1.29, 1.82) is 0 Å². The molecule has 0 saturated heterocycles. The van der Waals surface area contributed by atoms with Gasteiger partial charge in [-0.2, -0.15) is 0 Å². The van der Waals surface area contributed by atoms with Gasteiger partial charge in [0.05, 0.1) is 11.0 Å². The van der Waals surface area contributed by atoms with Crippen LogP contribution in [0.2, 0.25) is 0 Å². The van der Waals surface area contributed by atoms with Crippen molar-refractivity contribution in [3.8, 4) is 0 Å². The highest BCUT2D eigenvalue weighted by Crippen LogP contribution is 2.31. The molecule has 1 aromatic carbocycles. The number of hydrogen-bond donors (Lipinski definition) is 1. The molecule has 0 unspecified atom stereocenters. The summed E-state index contributed by atoms with van der Waals surface area (Å²) in [6, 6.07) is 1.38. The van der Waals surface area contributed by atoms with Crippen LogP contribution in [0.25, 0.3) is 0 Å². The van der Waals surface area contributed by atoms with E-state index in [1.165, 1.54) is 0 Å². The topological polar surface area (TPSA) is 55.2 Å². The largest absolute Gasteiger partial charge is 0.377 e. The van der Waals surface area contributed by atoms with Crippen molar-refractivity contribution in [1.82, 2.24) is 0 Å². The van der Waals surface area contributed by atoms with Crippen LogP contribution in [-0.2, 0) is 0 Å². The van der Waals surface area contributed by atoms with Gasteiger partial charge in [0.15, 0.2) is 5.82 Å². The van der Waals surface area contributed by atoms with Crippen molar-refractivity contribution in [3.05, 3.63) is 33.9 Å². The SMILES string of the molecule is O=[N+]([O-])c1cc(F)cc(F)c1NCC1CCC1. The molecule has 0 atom stereocenters. The maximum Gasteiger partial charge on any atom is 0.298 e. The van der Waals surface area contributed by atoms with Crippen LogP contribution in [0.3, 0.4) is 0 Å². The first-order chi connectivity index (χ1) is 8.08. The fraction of sp³-hybridized carbons (Fsp3) is 0.455. The van der Waals surface area contributed by atoms with E-state index in [0.717, 1.165) is 25.3 Å². The zero-order valence-corrected chi connectivity index (χ0v) is 9.08. The van der Waals surface area contributed by atoms with Gasteiger partial charge >= 0.3 is 0 Å². The molecule has 17 heavy (non-hydrogen) atoms. The monoisotopic (exact) mass is 242 g/mol. The Bertz CT molecular complexity index is 447. The van der Waals surface area contributed by atoms with E-state index in [-0.39, 0.29) is 5.69 Å². The molecule has 1 aliphatic rings. The standard InChI is InChI=1S/C11H12F2N2O2/c12-8-4-9(13)11(10(5-8)15(16)17)14-6-7-2-1-3-7/h4-5,7,14H,1-3,6H2. The number of anilines is 1. The summed E-state index contributed by atoms with van der Waals surface area (Å²) in [6.07, 6.45) is 3.23. The van der Waals surface area contributed by atoms with Crippen LogP contribution in [0.4, 0.5) is 20.2 Å². The van der Waals surface area contributed by atoms with Gasteiger partial charge in [-0.1, -0.05) is 6.42 Å². The van der Waals surface area contributed by atoms with Crippen LogP contribution in [0.5, 0.6) is 0 Å². The summed E-state index contributed by atoms with van der Waals surface area (Å²) in [5, 5.41) is 13.4. The molecule has 1 saturated carbocycles. The molecule has 0 spiro atoms. The van der Waals surface area contributed by atoms with Crippen LogP contribution in [0.1, 0.15) is 19.3 Å². The number of benzene rings is 1. The van der Waals surface area contributed by atoms with E-state index in [0.29, 0.717) is 18.5 Å². The summed E-state index contributed by atoms with van der Waals surface area (Å²) in [4.78, 5) is 9.90. The van der Waals surface area contributed by atoms with Gasteiger partial charge in [0.1, 0.15) is 11.5 Å². The van der Waals surface area contributed by atoms with E-state index in [4.69, 9.17) is 0 Å². The zero-order chi connectivity index (χ0) is 12.4. The van der Waals surface area contributed by atoms with E-state index in [1.807, 2.05) is 0 Å². The molecular weight excluding hydrogens is 230 g/mol. The lowest BCUT2D eigenvalue weighted by atomic mass is 9.85. The number of nitro groups is 1. The van der Waals surface area contributed by atoms with E-state index in [9.17, 15) is 18.9 Å². The maximum absolute atomic E-state index is 13.4. The first-order valence-electron chi connectivity index (χ1n) is 5.45. The lowest BCUT2D eigenvalue weighted by molar-refractivity contribution is -0.384. The highest BCUT2D eigenvalue weighted by atomic mass is 19.1. The van der Waals surface area contributed by atoms with Crippen LogP contribution >= 0.6 is 0 Å². The Kier molecular flexibility index (Phi) is 3.21. The van der Waals surface area contributed by atoms with Gasteiger partial charge in [0.25, 0.3) is 5.69 Å². The van der Waals surface area contributed by atoms with E-state index >= 15 is 0 Å². The predicted octanol–water partition coefficient (Wildman–Crippen LogP) is 3.09. The Balaban J connectivity index is 2.20. The van der Waals surface area contributed by atoms with Crippen molar-refractivity contribution in [2.24, 2.45) is 5.92 Å². The third-order valence-corrected chi connectivity index (χ3v) is 3.02. The van der Waals surface area contributed by atoms with E-state index in [1.54, 1.807) is 0 Å². The van der Waals surface area contributed by atoms with Crippen molar-refractivity contribution in [2.75, 3.05) is 11.9 Å². The van der Waals surface area contributed by atoms with Crippen molar-refractivity contribution >= 4 is 11.4 Å². The van der Waals surface area contributed by atoms with Crippen LogP contribution < -0.4 is 5.32 Å². The van der Waals surface area contributed by atoms with Crippen LogP contribution in [-0.4, -0.2) is 11.5 Å². The van der Waals surface area contributed by atoms with E-state index in [2.05, 4.69) is 5.32 Å². The van der Waals surface area contributed by atoms with Crippen LogP contribution in [0.15, 0.2) is 12.1 Å². The van der Waals surface area contributed by atoms with Gasteiger partial charge < -0.3 is 5.32 Å².